The summed E-state index contributed by atoms with van der Waals surface area (Å²) in [6.07, 6.45) is 4.90. The van der Waals surface area contributed by atoms with Crippen LogP contribution in [0.15, 0.2) is 16.7 Å². The van der Waals surface area contributed by atoms with Gasteiger partial charge in [0.05, 0.1) is 5.60 Å². The summed E-state index contributed by atoms with van der Waals surface area (Å²) < 4.78 is 0.614. The molecular formula is C15H21BrN2O3. The fourth-order valence-corrected chi connectivity index (χ4v) is 2.89. The molecule has 116 valence electrons. The van der Waals surface area contributed by atoms with Gasteiger partial charge < -0.3 is 15.5 Å². The molecule has 2 rings (SSSR count). The van der Waals surface area contributed by atoms with Gasteiger partial charge in [-0.05, 0) is 53.1 Å². The Morgan fingerprint density at radius 2 is 2.00 bits per heavy atom. The lowest BCUT2D eigenvalue weighted by atomic mass is 9.71. The number of carboxylic acid groups (broad SMARTS) is 1. The van der Waals surface area contributed by atoms with Gasteiger partial charge in [0.1, 0.15) is 11.4 Å². The number of hydrogen-bond donors (Lipinski definition) is 3. The number of aromatic carboxylic acids is 1. The van der Waals surface area contributed by atoms with Gasteiger partial charge in [0.15, 0.2) is 0 Å². The van der Waals surface area contributed by atoms with E-state index in [1.165, 1.54) is 6.07 Å². The van der Waals surface area contributed by atoms with E-state index < -0.39 is 11.6 Å². The van der Waals surface area contributed by atoms with E-state index in [9.17, 15) is 15.0 Å². The van der Waals surface area contributed by atoms with Crippen LogP contribution in [0.25, 0.3) is 0 Å². The van der Waals surface area contributed by atoms with Gasteiger partial charge in [0, 0.05) is 17.2 Å². The molecule has 0 bridgehead atoms. The molecule has 21 heavy (non-hydrogen) atoms. The van der Waals surface area contributed by atoms with Crippen molar-refractivity contribution in [3.63, 3.8) is 0 Å². The molecule has 0 radical (unpaired) electrons. The van der Waals surface area contributed by atoms with Crippen molar-refractivity contribution < 1.29 is 15.0 Å². The zero-order valence-corrected chi connectivity index (χ0v) is 13.9. The molecule has 1 saturated carbocycles. The molecular weight excluding hydrogens is 336 g/mol. The number of pyridine rings is 1. The smallest absolute Gasteiger partial charge is 0.339 e. The van der Waals surface area contributed by atoms with Crippen molar-refractivity contribution in [1.82, 2.24) is 4.98 Å². The average Bonchev–Trinajstić information content (AvgIpc) is 2.41. The van der Waals surface area contributed by atoms with Crippen LogP contribution in [0.1, 0.15) is 49.9 Å². The molecule has 3 N–H and O–H groups in total. The molecule has 1 aliphatic carbocycles. The maximum atomic E-state index is 11.2. The second-order valence-electron chi connectivity index (χ2n) is 6.60. The van der Waals surface area contributed by atoms with Crippen LogP contribution in [0.2, 0.25) is 0 Å². The SMILES string of the molecule is CC1(C)CCC(O)(CNc2ncc(Br)cc2C(=O)O)CC1. The van der Waals surface area contributed by atoms with Crippen LogP contribution in [0.4, 0.5) is 5.82 Å². The first kappa shape index (κ1) is 16.2. The lowest BCUT2D eigenvalue weighted by molar-refractivity contribution is -0.0146. The third-order valence-electron chi connectivity index (χ3n) is 4.20. The van der Waals surface area contributed by atoms with Crippen LogP contribution in [-0.2, 0) is 0 Å². The quantitative estimate of drug-likeness (QED) is 0.770. The van der Waals surface area contributed by atoms with Crippen LogP contribution >= 0.6 is 15.9 Å². The van der Waals surface area contributed by atoms with Gasteiger partial charge in [0.2, 0.25) is 0 Å². The Labute approximate surface area is 132 Å². The number of nitrogens with zero attached hydrogens (tertiary/aromatic N) is 1. The molecule has 0 saturated heterocycles. The monoisotopic (exact) mass is 356 g/mol. The standard InChI is InChI=1S/C15H21BrN2O3/c1-14(2)3-5-15(21,6-4-14)9-18-12-11(13(19)20)7-10(16)8-17-12/h7-8,21H,3-6,9H2,1-2H3,(H,17,18)(H,19,20). The van der Waals surface area contributed by atoms with Crippen molar-refractivity contribution in [3.05, 3.63) is 22.3 Å². The Hall–Kier alpha value is -1.14. The highest BCUT2D eigenvalue weighted by molar-refractivity contribution is 9.10. The summed E-state index contributed by atoms with van der Waals surface area (Å²) in [5.41, 5.74) is -0.418. The van der Waals surface area contributed by atoms with Gasteiger partial charge in [-0.3, -0.25) is 0 Å². The minimum Gasteiger partial charge on any atom is -0.478 e. The summed E-state index contributed by atoms with van der Waals surface area (Å²) in [6, 6.07) is 1.51. The fourth-order valence-electron chi connectivity index (χ4n) is 2.56. The van der Waals surface area contributed by atoms with Gasteiger partial charge in [-0.25, -0.2) is 9.78 Å². The minimum atomic E-state index is -1.04. The lowest BCUT2D eigenvalue weighted by Crippen LogP contribution is -2.42. The van der Waals surface area contributed by atoms with E-state index in [1.807, 2.05) is 0 Å². The molecule has 0 spiro atoms. The zero-order chi connectivity index (χ0) is 15.7. The third-order valence-corrected chi connectivity index (χ3v) is 4.64. The van der Waals surface area contributed by atoms with Gasteiger partial charge >= 0.3 is 5.97 Å². The second kappa shape index (κ2) is 5.93. The van der Waals surface area contributed by atoms with E-state index in [2.05, 4.69) is 40.1 Å². The number of nitrogens with one attached hydrogen (secondary N) is 1. The third kappa shape index (κ3) is 4.17. The molecule has 6 heteroatoms. The molecule has 5 nitrogen and oxygen atoms in total. The van der Waals surface area contributed by atoms with Crippen molar-refractivity contribution in [1.29, 1.82) is 0 Å². The number of carboxylic acids is 1. The van der Waals surface area contributed by atoms with Crippen LogP contribution in [-0.4, -0.2) is 33.3 Å². The van der Waals surface area contributed by atoms with Crippen molar-refractivity contribution >= 4 is 27.7 Å². The Kier molecular flexibility index (Phi) is 4.58. The summed E-state index contributed by atoms with van der Waals surface area (Å²) in [6.45, 7) is 4.73. The molecule has 0 aromatic carbocycles. The average molecular weight is 357 g/mol. The maximum Gasteiger partial charge on any atom is 0.339 e. The highest BCUT2D eigenvalue weighted by Gasteiger charge is 2.36. The topological polar surface area (TPSA) is 82.5 Å². The highest BCUT2D eigenvalue weighted by Crippen LogP contribution is 2.40. The molecule has 0 amide bonds. The zero-order valence-electron chi connectivity index (χ0n) is 12.3. The molecule has 1 aromatic rings. The maximum absolute atomic E-state index is 11.2. The molecule has 1 aromatic heterocycles. The molecule has 0 unspecified atom stereocenters. The number of anilines is 1. The summed E-state index contributed by atoms with van der Waals surface area (Å²) in [5.74, 6) is -0.743. The highest BCUT2D eigenvalue weighted by atomic mass is 79.9. The van der Waals surface area contributed by atoms with Crippen molar-refractivity contribution in [2.45, 2.75) is 45.1 Å². The number of hydrogen-bond acceptors (Lipinski definition) is 4. The lowest BCUT2D eigenvalue weighted by Gasteiger charge is -2.40. The number of carbonyl (C=O) groups is 1. The first-order chi connectivity index (χ1) is 9.71. The molecule has 0 aliphatic heterocycles. The van der Waals surface area contributed by atoms with Crippen LogP contribution in [0.5, 0.6) is 0 Å². The van der Waals surface area contributed by atoms with E-state index >= 15 is 0 Å². The Morgan fingerprint density at radius 1 is 1.38 bits per heavy atom. The van der Waals surface area contributed by atoms with Gasteiger partial charge in [-0.15, -0.1) is 0 Å². The fraction of sp³-hybridized carbons (Fsp3) is 0.600. The number of halogens is 1. The Bertz CT molecular complexity index is 536. The summed E-state index contributed by atoms with van der Waals surface area (Å²) in [4.78, 5) is 15.3. The number of rotatable bonds is 4. The molecule has 1 fully saturated rings. The van der Waals surface area contributed by atoms with E-state index in [-0.39, 0.29) is 11.0 Å². The van der Waals surface area contributed by atoms with Crippen LogP contribution in [0.3, 0.4) is 0 Å². The second-order valence-corrected chi connectivity index (χ2v) is 7.51. The Balaban J connectivity index is 2.05. The minimum absolute atomic E-state index is 0.101. The van der Waals surface area contributed by atoms with Crippen molar-refractivity contribution in [2.24, 2.45) is 5.41 Å². The molecule has 0 atom stereocenters. The normalized spacial score (nSPS) is 20.0. The van der Waals surface area contributed by atoms with E-state index in [0.717, 1.165) is 12.8 Å². The van der Waals surface area contributed by atoms with Crippen molar-refractivity contribution in [3.8, 4) is 0 Å². The van der Waals surface area contributed by atoms with Gasteiger partial charge in [-0.2, -0.15) is 0 Å². The summed E-state index contributed by atoms with van der Waals surface area (Å²) in [7, 11) is 0. The molecule has 1 heterocycles. The van der Waals surface area contributed by atoms with Gasteiger partial charge in [-0.1, -0.05) is 13.8 Å². The van der Waals surface area contributed by atoms with Crippen molar-refractivity contribution in [2.75, 3.05) is 11.9 Å². The number of aliphatic hydroxyl groups is 1. The first-order valence-corrected chi connectivity index (χ1v) is 7.85. The Morgan fingerprint density at radius 3 is 2.57 bits per heavy atom. The molecule has 1 aliphatic rings. The predicted molar refractivity (Wildman–Crippen MR) is 84.6 cm³/mol. The predicted octanol–water partition coefficient (Wildman–Crippen LogP) is 3.29. The van der Waals surface area contributed by atoms with E-state index in [4.69, 9.17) is 0 Å². The summed E-state index contributed by atoms with van der Waals surface area (Å²) in [5, 5.41) is 22.8. The van der Waals surface area contributed by atoms with Crippen LogP contribution < -0.4 is 5.32 Å². The largest absolute Gasteiger partial charge is 0.478 e. The van der Waals surface area contributed by atoms with E-state index in [1.54, 1.807) is 6.20 Å². The number of aromatic nitrogens is 1. The van der Waals surface area contributed by atoms with Gasteiger partial charge in [0.25, 0.3) is 0 Å². The van der Waals surface area contributed by atoms with Crippen LogP contribution in [0, 0.1) is 5.41 Å². The van der Waals surface area contributed by atoms with E-state index in [0.29, 0.717) is 29.7 Å². The first-order valence-electron chi connectivity index (χ1n) is 7.06. The summed E-state index contributed by atoms with van der Waals surface area (Å²) >= 11 is 3.21.